The van der Waals surface area contributed by atoms with Crippen LogP contribution in [0.2, 0.25) is 0 Å². The van der Waals surface area contributed by atoms with E-state index in [0.717, 1.165) is 19.3 Å². The van der Waals surface area contributed by atoms with E-state index in [1.807, 2.05) is 13.8 Å². The Hall–Kier alpha value is 2.11. The van der Waals surface area contributed by atoms with Gasteiger partial charge in [-0.2, -0.15) is 0 Å². The quantitative estimate of drug-likeness (QED) is 0.258. The average Bonchev–Trinajstić information content (AvgIpc) is 2.15. The van der Waals surface area contributed by atoms with Gasteiger partial charge in [0.05, 0.1) is 13.4 Å². The molecule has 4 nitrogen and oxygen atoms in total. The first-order valence-electron chi connectivity index (χ1n) is 5.62. The minimum atomic E-state index is -4.87. The van der Waals surface area contributed by atoms with E-state index < -0.39 is 13.4 Å². The van der Waals surface area contributed by atoms with Crippen molar-refractivity contribution in [3.05, 3.63) is 0 Å². The zero-order valence-corrected chi connectivity index (χ0v) is 16.7. The van der Waals surface area contributed by atoms with Crippen molar-refractivity contribution in [1.29, 1.82) is 0 Å². The predicted octanol–water partition coefficient (Wildman–Crippen LogP) is -4.02. The molecular weight excluding hydrogens is 261 g/mol. The summed E-state index contributed by atoms with van der Waals surface area (Å²) in [5.41, 5.74) is -0.770. The Morgan fingerprint density at radius 3 is 1.82 bits per heavy atom. The molecule has 0 amide bonds. The van der Waals surface area contributed by atoms with Crippen LogP contribution in [0.4, 0.5) is 0 Å². The second kappa shape index (κ2) is 11.9. The van der Waals surface area contributed by atoms with Crippen LogP contribution < -0.4 is 68.9 Å². The van der Waals surface area contributed by atoms with Gasteiger partial charge in [0.25, 0.3) is 0 Å². The maximum Gasteiger partial charge on any atom is 1.00 e. The van der Waals surface area contributed by atoms with E-state index >= 15 is 0 Å². The van der Waals surface area contributed by atoms with Crippen LogP contribution in [-0.4, -0.2) is 5.60 Å². The molecule has 0 N–H and O–H groups in total. The minimum absolute atomic E-state index is 0. The fraction of sp³-hybridized carbons (Fsp3) is 1.00. The summed E-state index contributed by atoms with van der Waals surface area (Å²) < 4.78 is 15.4. The number of rotatable bonds is 8. The van der Waals surface area contributed by atoms with Gasteiger partial charge in [-0.3, -0.25) is 0 Å². The molecule has 0 atom stereocenters. The van der Waals surface area contributed by atoms with E-state index in [9.17, 15) is 14.4 Å². The molecule has 0 aliphatic heterocycles. The Balaban J connectivity index is -0.000000980. The van der Waals surface area contributed by atoms with Crippen LogP contribution in [0.1, 0.15) is 59.3 Å². The van der Waals surface area contributed by atoms with Crippen LogP contribution in [0.3, 0.4) is 0 Å². The van der Waals surface area contributed by atoms with Gasteiger partial charge in [0.2, 0.25) is 0 Å². The molecule has 0 aromatic heterocycles. The van der Waals surface area contributed by atoms with Crippen LogP contribution in [0, 0.1) is 0 Å². The van der Waals surface area contributed by atoms with Gasteiger partial charge in [0.15, 0.2) is 0 Å². The third kappa shape index (κ3) is 11.6. The summed E-state index contributed by atoms with van der Waals surface area (Å²) in [6.45, 7) is 5.78. The maximum atomic E-state index is 10.6. The van der Waals surface area contributed by atoms with E-state index in [4.69, 9.17) is 4.52 Å². The van der Waals surface area contributed by atoms with Crippen molar-refractivity contribution in [2.45, 2.75) is 64.9 Å². The van der Waals surface area contributed by atoms with Gasteiger partial charge in [-0.25, -0.2) is 0 Å². The summed E-state index contributed by atoms with van der Waals surface area (Å²) in [7, 11) is -4.87. The summed E-state index contributed by atoms with van der Waals surface area (Å²) in [5.74, 6) is 0. The fourth-order valence-corrected chi connectivity index (χ4v) is 2.54. The SMILES string of the molecule is CCCCCC(CC)(CC)OP(=O)([O-])[O-].[Na+].[Na+]. The van der Waals surface area contributed by atoms with Gasteiger partial charge >= 0.3 is 59.1 Å². The first-order valence-corrected chi connectivity index (χ1v) is 7.08. The van der Waals surface area contributed by atoms with Gasteiger partial charge in [0.1, 0.15) is 0 Å². The van der Waals surface area contributed by atoms with Gasteiger partial charge in [-0.05, 0) is 19.3 Å². The van der Waals surface area contributed by atoms with E-state index in [0.29, 0.717) is 19.3 Å². The normalized spacial score (nSPS) is 11.6. The van der Waals surface area contributed by atoms with Crippen molar-refractivity contribution >= 4 is 7.82 Å². The topological polar surface area (TPSA) is 72.4 Å². The van der Waals surface area contributed by atoms with Gasteiger partial charge in [-0.15, -0.1) is 0 Å². The molecule has 0 aromatic rings. The number of hydrogen-bond acceptors (Lipinski definition) is 4. The maximum absolute atomic E-state index is 10.6. The molecule has 0 spiro atoms. The van der Waals surface area contributed by atoms with Crippen molar-refractivity contribution in [2.75, 3.05) is 0 Å². The summed E-state index contributed by atoms with van der Waals surface area (Å²) in [4.78, 5) is 21.3. The molecule has 0 radical (unpaired) electrons. The summed E-state index contributed by atoms with van der Waals surface area (Å²) in [6.07, 6.45) is 4.76. The fourth-order valence-electron chi connectivity index (χ4n) is 1.71. The molecule has 7 heteroatoms. The number of hydrogen-bond donors (Lipinski definition) is 0. The van der Waals surface area contributed by atoms with Crippen LogP contribution in [-0.2, 0) is 9.09 Å². The van der Waals surface area contributed by atoms with Crippen LogP contribution in [0.15, 0.2) is 0 Å². The van der Waals surface area contributed by atoms with E-state index in [1.54, 1.807) is 0 Å². The second-order valence-corrected chi connectivity index (χ2v) is 4.96. The summed E-state index contributed by atoms with van der Waals surface area (Å²) in [6, 6.07) is 0. The van der Waals surface area contributed by atoms with Crippen molar-refractivity contribution in [1.82, 2.24) is 0 Å². The molecule has 0 rings (SSSR count). The van der Waals surface area contributed by atoms with Crippen molar-refractivity contribution < 1.29 is 78.0 Å². The summed E-state index contributed by atoms with van der Waals surface area (Å²) in [5, 5.41) is 0. The Kier molecular flexibility index (Phi) is 16.9. The number of phosphoric ester groups is 1. The van der Waals surface area contributed by atoms with Gasteiger partial charge < -0.3 is 18.9 Å². The van der Waals surface area contributed by atoms with Crippen molar-refractivity contribution in [2.24, 2.45) is 0 Å². The number of unbranched alkanes of at least 4 members (excludes halogenated alkanes) is 2. The van der Waals surface area contributed by atoms with Crippen molar-refractivity contribution in [3.8, 4) is 0 Å². The molecule has 0 unspecified atom stereocenters. The molecule has 92 valence electrons. The van der Waals surface area contributed by atoms with Gasteiger partial charge in [-0.1, -0.05) is 40.0 Å². The van der Waals surface area contributed by atoms with E-state index in [1.165, 1.54) is 0 Å². The standard InChI is InChI=1S/C10H23O4P.2Na/c1-4-7-8-9-10(5-2,6-3)14-15(11,12)13;;/h4-9H2,1-3H3,(H2,11,12,13);;/q;2*+1/p-2. The van der Waals surface area contributed by atoms with Crippen LogP contribution in [0.5, 0.6) is 0 Å². The molecule has 0 aliphatic rings. The summed E-state index contributed by atoms with van der Waals surface area (Å²) >= 11 is 0. The molecule has 0 aromatic carbocycles. The van der Waals surface area contributed by atoms with Crippen molar-refractivity contribution in [3.63, 3.8) is 0 Å². The number of phosphoric acid groups is 1. The minimum Gasteiger partial charge on any atom is -0.790 e. The Labute approximate surface area is 149 Å². The van der Waals surface area contributed by atoms with E-state index in [-0.39, 0.29) is 59.1 Å². The Bertz CT molecular complexity index is 216. The third-order valence-electron chi connectivity index (χ3n) is 2.83. The molecule has 0 bridgehead atoms. The molecule has 0 heterocycles. The molecule has 0 fully saturated rings. The van der Waals surface area contributed by atoms with Crippen LogP contribution >= 0.6 is 7.82 Å². The average molecular weight is 282 g/mol. The molecule has 0 saturated carbocycles. The first kappa shape index (κ1) is 24.1. The van der Waals surface area contributed by atoms with Gasteiger partial charge in [0, 0.05) is 0 Å². The predicted molar refractivity (Wildman–Crippen MR) is 56.1 cm³/mol. The molecule has 0 saturated heterocycles. The monoisotopic (exact) mass is 282 g/mol. The largest absolute Gasteiger partial charge is 1.00 e. The second-order valence-electron chi connectivity index (χ2n) is 3.89. The smallest absolute Gasteiger partial charge is 0.790 e. The zero-order valence-electron chi connectivity index (χ0n) is 11.8. The zero-order chi connectivity index (χ0) is 11.9. The van der Waals surface area contributed by atoms with E-state index in [2.05, 4.69) is 6.92 Å². The first-order chi connectivity index (χ1) is 6.89. The molecule has 17 heavy (non-hydrogen) atoms. The molecular formula is C10H21Na2O4P. The molecule has 0 aliphatic carbocycles. The third-order valence-corrected chi connectivity index (χ3v) is 3.44. The Morgan fingerprint density at radius 2 is 1.53 bits per heavy atom. The van der Waals surface area contributed by atoms with Crippen LogP contribution in [0.25, 0.3) is 0 Å². The Morgan fingerprint density at radius 1 is 1.06 bits per heavy atom.